The maximum absolute atomic E-state index is 13.9. The molecule has 4 rings (SSSR count). The van der Waals surface area contributed by atoms with Crippen molar-refractivity contribution in [2.24, 2.45) is 0 Å². The number of rotatable bonds is 7. The number of carbonyl (C=O) groups excluding carboxylic acids is 1. The Kier molecular flexibility index (Phi) is 8.00. The molecular weight excluding hydrogens is 525 g/mol. The molecule has 2 aromatic rings. The van der Waals surface area contributed by atoms with Gasteiger partial charge in [-0.3, -0.25) is 9.59 Å². The number of benzene rings is 2. The summed E-state index contributed by atoms with van der Waals surface area (Å²) in [6, 6.07) is 12.7. The average molecular weight is 554 g/mol. The number of hydrogen-bond donors (Lipinski definition) is 1. The molecule has 36 heavy (non-hydrogen) atoms. The molecule has 0 spiro atoms. The number of hydrogen-bond acceptors (Lipinski definition) is 5. The van der Waals surface area contributed by atoms with Crippen LogP contribution in [-0.2, 0) is 24.2 Å². The van der Waals surface area contributed by atoms with Crippen molar-refractivity contribution >= 4 is 44.9 Å². The fourth-order valence-corrected chi connectivity index (χ4v) is 7.54. The zero-order valence-electron chi connectivity index (χ0n) is 20.0. The van der Waals surface area contributed by atoms with Crippen molar-refractivity contribution in [3.8, 4) is 0 Å². The minimum absolute atomic E-state index is 0.439. The Hall–Kier alpha value is -2.13. The average Bonchev–Trinajstić information content (AvgIpc) is 3.30. The van der Waals surface area contributed by atoms with Gasteiger partial charge < -0.3 is 14.7 Å². The molecule has 194 valence electrons. The summed E-state index contributed by atoms with van der Waals surface area (Å²) in [5.74, 6) is -1.70. The topological polar surface area (TPSA) is 101 Å². The second-order valence-corrected chi connectivity index (χ2v) is 13.2. The maximum Gasteiger partial charge on any atom is 0.306 e. The molecule has 2 fully saturated rings. The largest absolute Gasteiger partial charge is 0.481 e. The molecule has 2 aliphatic rings. The minimum Gasteiger partial charge on any atom is -0.481 e. The molecule has 0 bridgehead atoms. The normalized spacial score (nSPS) is 27.0. The SMILES string of the molecule is CC(C)S(=O)(=O)[C@@H]1CCC[C@H]1N1C(=O)[C@@H](CC(=O)O)O[C@H](c2cccc(Cl)c2)[C@H]1c1ccc(Cl)cc1. The third kappa shape index (κ3) is 5.28. The van der Waals surface area contributed by atoms with Crippen molar-refractivity contribution in [3.05, 3.63) is 69.7 Å². The molecule has 1 aliphatic carbocycles. The number of halogens is 2. The molecule has 1 amide bonds. The number of carboxylic acids is 1. The van der Waals surface area contributed by atoms with Gasteiger partial charge in [0.15, 0.2) is 9.84 Å². The molecule has 1 saturated carbocycles. The van der Waals surface area contributed by atoms with Crippen molar-refractivity contribution in [2.75, 3.05) is 0 Å². The van der Waals surface area contributed by atoms with Crippen molar-refractivity contribution in [2.45, 2.75) is 74.3 Å². The van der Waals surface area contributed by atoms with Crippen LogP contribution < -0.4 is 0 Å². The summed E-state index contributed by atoms with van der Waals surface area (Å²) in [6.07, 6.45) is -0.991. The van der Waals surface area contributed by atoms with Crippen LogP contribution in [0.5, 0.6) is 0 Å². The third-order valence-electron chi connectivity index (χ3n) is 7.03. The lowest BCUT2D eigenvalue weighted by Gasteiger charge is -2.48. The Morgan fingerprint density at radius 1 is 1.08 bits per heavy atom. The van der Waals surface area contributed by atoms with Crippen LogP contribution in [0.4, 0.5) is 0 Å². The fourth-order valence-electron chi connectivity index (χ4n) is 5.32. The first kappa shape index (κ1) is 26.9. The smallest absolute Gasteiger partial charge is 0.306 e. The number of amides is 1. The van der Waals surface area contributed by atoms with Gasteiger partial charge in [0.2, 0.25) is 0 Å². The number of aliphatic carboxylic acids is 1. The first-order chi connectivity index (χ1) is 17.0. The van der Waals surface area contributed by atoms with Gasteiger partial charge in [0.25, 0.3) is 5.91 Å². The Balaban J connectivity index is 1.90. The first-order valence-corrected chi connectivity index (χ1v) is 14.3. The van der Waals surface area contributed by atoms with Gasteiger partial charge >= 0.3 is 5.97 Å². The number of carboxylic acid groups (broad SMARTS) is 1. The molecule has 2 aromatic carbocycles. The summed E-state index contributed by atoms with van der Waals surface area (Å²) in [6.45, 7) is 3.29. The van der Waals surface area contributed by atoms with E-state index in [1.807, 2.05) is 6.07 Å². The summed E-state index contributed by atoms with van der Waals surface area (Å²) in [5, 5.41) is 9.14. The van der Waals surface area contributed by atoms with Crippen LogP contribution in [0.15, 0.2) is 48.5 Å². The maximum atomic E-state index is 13.9. The molecule has 1 heterocycles. The summed E-state index contributed by atoms with van der Waals surface area (Å²) < 4.78 is 32.9. The van der Waals surface area contributed by atoms with E-state index in [0.29, 0.717) is 40.4 Å². The molecule has 5 atom stereocenters. The van der Waals surface area contributed by atoms with Gasteiger partial charge in [-0.25, -0.2) is 8.42 Å². The third-order valence-corrected chi connectivity index (χ3v) is 10.2. The molecule has 0 unspecified atom stereocenters. The van der Waals surface area contributed by atoms with Crippen molar-refractivity contribution < 1.29 is 27.9 Å². The summed E-state index contributed by atoms with van der Waals surface area (Å²) in [7, 11) is -3.53. The Morgan fingerprint density at radius 3 is 2.39 bits per heavy atom. The monoisotopic (exact) mass is 553 g/mol. The lowest BCUT2D eigenvalue weighted by molar-refractivity contribution is -0.183. The standard InChI is InChI=1S/C26H29Cl2NO6S/c1-15(2)36(33,34)22-8-4-7-20(22)29-24(16-9-11-18(27)12-10-16)25(17-5-3-6-19(28)13-17)35-21(26(29)32)14-23(30)31/h3,5-6,9-13,15,20-22,24-25H,4,7-8,14H2,1-2H3,(H,30,31)/t20-,21-,22-,24-,25-/m1/s1. The fraction of sp³-hybridized carbons (Fsp3) is 0.462. The van der Waals surface area contributed by atoms with Crippen LogP contribution in [0.2, 0.25) is 10.0 Å². The van der Waals surface area contributed by atoms with E-state index in [2.05, 4.69) is 0 Å². The van der Waals surface area contributed by atoms with E-state index < -0.39 is 62.9 Å². The highest BCUT2D eigenvalue weighted by atomic mass is 35.5. The van der Waals surface area contributed by atoms with Crippen molar-refractivity contribution in [3.63, 3.8) is 0 Å². The summed E-state index contributed by atoms with van der Waals surface area (Å²) in [5.41, 5.74) is 1.37. The van der Waals surface area contributed by atoms with Crippen LogP contribution in [0.1, 0.15) is 62.8 Å². The van der Waals surface area contributed by atoms with Gasteiger partial charge in [-0.1, -0.05) is 47.5 Å². The molecule has 1 aliphatic heterocycles. The van der Waals surface area contributed by atoms with E-state index in [-0.39, 0.29) is 0 Å². The number of morpholine rings is 1. The van der Waals surface area contributed by atoms with Gasteiger partial charge in [-0.05, 0) is 68.5 Å². The van der Waals surface area contributed by atoms with E-state index in [1.165, 1.54) is 0 Å². The highest BCUT2D eigenvalue weighted by Crippen LogP contribution is 2.47. The van der Waals surface area contributed by atoms with Crippen LogP contribution in [0, 0.1) is 0 Å². The van der Waals surface area contributed by atoms with Crippen LogP contribution in [0.25, 0.3) is 0 Å². The highest BCUT2D eigenvalue weighted by molar-refractivity contribution is 7.92. The minimum atomic E-state index is -3.53. The Morgan fingerprint density at radius 2 is 1.78 bits per heavy atom. The van der Waals surface area contributed by atoms with Gasteiger partial charge in [0.1, 0.15) is 12.2 Å². The van der Waals surface area contributed by atoms with Crippen molar-refractivity contribution in [1.29, 1.82) is 0 Å². The zero-order chi connectivity index (χ0) is 26.2. The number of carbonyl (C=O) groups is 2. The van der Waals surface area contributed by atoms with E-state index in [4.69, 9.17) is 27.9 Å². The molecule has 7 nitrogen and oxygen atoms in total. The van der Waals surface area contributed by atoms with Gasteiger partial charge in [0.05, 0.1) is 23.0 Å². The van der Waals surface area contributed by atoms with Crippen LogP contribution >= 0.6 is 23.2 Å². The second-order valence-electron chi connectivity index (χ2n) is 9.61. The Bertz CT molecular complexity index is 1230. The first-order valence-electron chi connectivity index (χ1n) is 11.9. The predicted molar refractivity (Wildman–Crippen MR) is 138 cm³/mol. The van der Waals surface area contributed by atoms with E-state index >= 15 is 0 Å². The van der Waals surface area contributed by atoms with E-state index in [1.54, 1.807) is 61.2 Å². The van der Waals surface area contributed by atoms with E-state index in [0.717, 1.165) is 0 Å². The number of sulfone groups is 1. The molecule has 10 heteroatoms. The lowest BCUT2D eigenvalue weighted by atomic mass is 9.89. The van der Waals surface area contributed by atoms with Crippen LogP contribution in [-0.4, -0.2) is 52.9 Å². The molecule has 1 saturated heterocycles. The van der Waals surface area contributed by atoms with Gasteiger partial charge in [-0.2, -0.15) is 0 Å². The number of ether oxygens (including phenoxy) is 1. The Labute approximate surface area is 221 Å². The van der Waals surface area contributed by atoms with E-state index in [9.17, 15) is 23.1 Å². The molecular formula is C26H29Cl2NO6S. The molecule has 0 aromatic heterocycles. The molecule has 1 N–H and O–H groups in total. The van der Waals surface area contributed by atoms with Crippen molar-refractivity contribution in [1.82, 2.24) is 4.90 Å². The predicted octanol–water partition coefficient (Wildman–Crippen LogP) is 5.22. The van der Waals surface area contributed by atoms with Gasteiger partial charge in [0, 0.05) is 16.1 Å². The lowest BCUT2D eigenvalue weighted by Crippen LogP contribution is -2.58. The van der Waals surface area contributed by atoms with Crippen LogP contribution in [0.3, 0.4) is 0 Å². The quantitative estimate of drug-likeness (QED) is 0.504. The second kappa shape index (κ2) is 10.7. The number of nitrogens with zero attached hydrogens (tertiary/aromatic N) is 1. The summed E-state index contributed by atoms with van der Waals surface area (Å²) >= 11 is 12.4. The summed E-state index contributed by atoms with van der Waals surface area (Å²) in [4.78, 5) is 27.1. The zero-order valence-corrected chi connectivity index (χ0v) is 22.3. The highest BCUT2D eigenvalue weighted by Gasteiger charge is 2.52. The molecule has 0 radical (unpaired) electrons. The van der Waals surface area contributed by atoms with Gasteiger partial charge in [-0.15, -0.1) is 0 Å².